The van der Waals surface area contributed by atoms with Gasteiger partial charge in [0.15, 0.2) is 0 Å². The summed E-state index contributed by atoms with van der Waals surface area (Å²) in [6, 6.07) is 0. The molecule has 1 amide bonds. The molecule has 0 aliphatic carbocycles. The normalized spacial score (nSPS) is 8.58. The highest BCUT2D eigenvalue weighted by molar-refractivity contribution is 5.73. The van der Waals surface area contributed by atoms with Crippen LogP contribution < -0.4 is 11.1 Å². The van der Waals surface area contributed by atoms with Crippen LogP contribution in [0.25, 0.3) is 0 Å². The third kappa shape index (κ3) is 16.2. The van der Waals surface area contributed by atoms with E-state index in [2.05, 4.69) is 5.32 Å². The maximum atomic E-state index is 10.2. The Balaban J connectivity index is 0. The summed E-state index contributed by atoms with van der Waals surface area (Å²) in [4.78, 5) is 10.2. The molecule has 0 aromatic carbocycles. The zero-order chi connectivity index (χ0) is 9.82. The van der Waals surface area contributed by atoms with Crippen molar-refractivity contribution in [2.75, 3.05) is 13.6 Å². The van der Waals surface area contributed by atoms with Gasteiger partial charge in [-0.1, -0.05) is 20.3 Å². The number of carbonyl (C=O) groups is 1. The Morgan fingerprint density at radius 1 is 1.25 bits per heavy atom. The first-order valence-electron chi connectivity index (χ1n) is 4.70. The summed E-state index contributed by atoms with van der Waals surface area (Å²) in [6.07, 6.45) is 3.67. The number of nitrogens with one attached hydrogen (secondary N) is 1. The standard InChI is InChI=1S/C7H16N2O.C2H6/c1-9-6-4-2-3-5-7(8)10;1-2/h9H,2-6H2,1H3,(H2,8,10);1-2H3. The van der Waals surface area contributed by atoms with Gasteiger partial charge in [0.1, 0.15) is 0 Å². The summed E-state index contributed by atoms with van der Waals surface area (Å²) in [7, 11) is 1.92. The zero-order valence-electron chi connectivity index (χ0n) is 8.52. The molecule has 0 bridgehead atoms. The summed E-state index contributed by atoms with van der Waals surface area (Å²) in [6.45, 7) is 5.03. The van der Waals surface area contributed by atoms with E-state index in [1.807, 2.05) is 20.9 Å². The number of amides is 1. The molecule has 0 saturated carbocycles. The van der Waals surface area contributed by atoms with Gasteiger partial charge in [0.2, 0.25) is 5.91 Å². The number of carbonyl (C=O) groups excluding carboxylic acids is 1. The molecule has 0 heterocycles. The number of hydrogen-bond donors (Lipinski definition) is 2. The van der Waals surface area contributed by atoms with Crippen LogP contribution in [0.4, 0.5) is 0 Å². The lowest BCUT2D eigenvalue weighted by atomic mass is 10.2. The molecule has 0 saturated heterocycles. The second-order valence-electron chi connectivity index (χ2n) is 2.38. The second-order valence-corrected chi connectivity index (χ2v) is 2.38. The summed E-state index contributed by atoms with van der Waals surface area (Å²) >= 11 is 0. The fourth-order valence-electron chi connectivity index (χ4n) is 0.778. The van der Waals surface area contributed by atoms with Gasteiger partial charge in [-0.05, 0) is 26.4 Å². The van der Waals surface area contributed by atoms with Gasteiger partial charge in [0.25, 0.3) is 0 Å². The van der Waals surface area contributed by atoms with Crippen molar-refractivity contribution in [1.82, 2.24) is 5.32 Å². The van der Waals surface area contributed by atoms with Gasteiger partial charge in [-0.3, -0.25) is 4.79 Å². The summed E-state index contributed by atoms with van der Waals surface area (Å²) < 4.78 is 0. The van der Waals surface area contributed by atoms with E-state index in [9.17, 15) is 4.79 Å². The molecule has 0 unspecified atom stereocenters. The van der Waals surface area contributed by atoms with Crippen LogP contribution in [-0.2, 0) is 4.79 Å². The van der Waals surface area contributed by atoms with E-state index in [0.717, 1.165) is 25.8 Å². The van der Waals surface area contributed by atoms with Crippen LogP contribution >= 0.6 is 0 Å². The topological polar surface area (TPSA) is 55.1 Å². The highest BCUT2D eigenvalue weighted by Gasteiger charge is 1.92. The summed E-state index contributed by atoms with van der Waals surface area (Å²) in [5.41, 5.74) is 4.95. The maximum absolute atomic E-state index is 10.2. The van der Waals surface area contributed by atoms with Gasteiger partial charge in [-0.2, -0.15) is 0 Å². The van der Waals surface area contributed by atoms with Gasteiger partial charge < -0.3 is 11.1 Å². The van der Waals surface area contributed by atoms with Crippen molar-refractivity contribution >= 4 is 5.91 Å². The molecule has 3 heteroatoms. The Morgan fingerprint density at radius 2 is 1.83 bits per heavy atom. The van der Waals surface area contributed by atoms with E-state index in [1.54, 1.807) is 0 Å². The Kier molecular flexibility index (Phi) is 15.2. The molecule has 3 nitrogen and oxygen atoms in total. The van der Waals surface area contributed by atoms with Gasteiger partial charge in [-0.15, -0.1) is 0 Å². The largest absolute Gasteiger partial charge is 0.370 e. The van der Waals surface area contributed by atoms with E-state index < -0.39 is 0 Å². The van der Waals surface area contributed by atoms with Crippen molar-refractivity contribution in [3.8, 4) is 0 Å². The molecular weight excluding hydrogens is 152 g/mol. The quantitative estimate of drug-likeness (QED) is 0.596. The van der Waals surface area contributed by atoms with Crippen LogP contribution in [-0.4, -0.2) is 19.5 Å². The fraction of sp³-hybridized carbons (Fsp3) is 0.889. The third-order valence-corrected chi connectivity index (χ3v) is 1.35. The number of hydrogen-bond acceptors (Lipinski definition) is 2. The van der Waals surface area contributed by atoms with E-state index >= 15 is 0 Å². The van der Waals surface area contributed by atoms with Crippen molar-refractivity contribution in [3.05, 3.63) is 0 Å². The van der Waals surface area contributed by atoms with Crippen LogP contribution in [0.15, 0.2) is 0 Å². The van der Waals surface area contributed by atoms with Crippen LogP contribution in [0, 0.1) is 0 Å². The molecule has 0 aromatic rings. The summed E-state index contributed by atoms with van der Waals surface area (Å²) in [5.74, 6) is -0.190. The first kappa shape index (κ1) is 14.0. The SMILES string of the molecule is CC.CNCCCCCC(N)=O. The lowest BCUT2D eigenvalue weighted by molar-refractivity contribution is -0.118. The molecule has 0 aromatic heterocycles. The second kappa shape index (κ2) is 13.1. The summed E-state index contributed by atoms with van der Waals surface area (Å²) in [5, 5.41) is 3.04. The molecule has 0 aliphatic heterocycles. The predicted molar refractivity (Wildman–Crippen MR) is 52.9 cm³/mol. The van der Waals surface area contributed by atoms with Crippen LogP contribution in [0.5, 0.6) is 0 Å². The average molecular weight is 174 g/mol. The molecule has 74 valence electrons. The minimum atomic E-state index is -0.190. The lowest BCUT2D eigenvalue weighted by Gasteiger charge is -1.97. The van der Waals surface area contributed by atoms with Crippen LogP contribution in [0.3, 0.4) is 0 Å². The molecule has 0 radical (unpaired) electrons. The highest BCUT2D eigenvalue weighted by atomic mass is 16.1. The van der Waals surface area contributed by atoms with Gasteiger partial charge >= 0.3 is 0 Å². The van der Waals surface area contributed by atoms with Crippen molar-refractivity contribution in [2.45, 2.75) is 39.5 Å². The Hall–Kier alpha value is -0.570. The van der Waals surface area contributed by atoms with Crippen LogP contribution in [0.2, 0.25) is 0 Å². The lowest BCUT2D eigenvalue weighted by Crippen LogP contribution is -2.11. The van der Waals surface area contributed by atoms with Gasteiger partial charge in [0, 0.05) is 6.42 Å². The number of unbranched alkanes of at least 4 members (excludes halogenated alkanes) is 2. The highest BCUT2D eigenvalue weighted by Crippen LogP contribution is 1.96. The smallest absolute Gasteiger partial charge is 0.217 e. The number of nitrogens with two attached hydrogens (primary N) is 1. The molecule has 0 spiro atoms. The maximum Gasteiger partial charge on any atom is 0.217 e. The minimum absolute atomic E-state index is 0.190. The van der Waals surface area contributed by atoms with E-state index in [4.69, 9.17) is 5.73 Å². The van der Waals surface area contributed by atoms with E-state index in [0.29, 0.717) is 6.42 Å². The average Bonchev–Trinajstić information content (AvgIpc) is 2.07. The van der Waals surface area contributed by atoms with Crippen molar-refractivity contribution < 1.29 is 4.79 Å². The molecule has 0 fully saturated rings. The molecule has 3 N–H and O–H groups in total. The van der Waals surface area contributed by atoms with Crippen molar-refractivity contribution in [3.63, 3.8) is 0 Å². The number of primary amides is 1. The van der Waals surface area contributed by atoms with Crippen LogP contribution in [0.1, 0.15) is 39.5 Å². The molecule has 0 aliphatic rings. The van der Waals surface area contributed by atoms with Crippen molar-refractivity contribution in [2.24, 2.45) is 5.73 Å². The molecule has 0 rings (SSSR count). The van der Waals surface area contributed by atoms with Crippen molar-refractivity contribution in [1.29, 1.82) is 0 Å². The Morgan fingerprint density at radius 3 is 2.25 bits per heavy atom. The monoisotopic (exact) mass is 174 g/mol. The van der Waals surface area contributed by atoms with E-state index in [-0.39, 0.29) is 5.91 Å². The first-order chi connectivity index (χ1) is 5.77. The number of rotatable bonds is 6. The third-order valence-electron chi connectivity index (χ3n) is 1.35. The predicted octanol–water partition coefficient (Wildman–Crippen LogP) is 1.28. The van der Waals surface area contributed by atoms with Gasteiger partial charge in [-0.25, -0.2) is 0 Å². The minimum Gasteiger partial charge on any atom is -0.370 e. The Bertz CT molecular complexity index is 94.5. The zero-order valence-corrected chi connectivity index (χ0v) is 8.52. The molecule has 12 heavy (non-hydrogen) atoms. The fourth-order valence-corrected chi connectivity index (χ4v) is 0.778. The van der Waals surface area contributed by atoms with Gasteiger partial charge in [0.05, 0.1) is 0 Å². The molecule has 0 atom stereocenters. The van der Waals surface area contributed by atoms with E-state index in [1.165, 1.54) is 0 Å². The Labute approximate surface area is 75.7 Å². The molecular formula is C9H22N2O. The first-order valence-corrected chi connectivity index (χ1v) is 4.70.